The number of aromatic nitrogens is 1. The first-order valence-electron chi connectivity index (χ1n) is 8.39. The summed E-state index contributed by atoms with van der Waals surface area (Å²) in [4.78, 5) is 16.9. The van der Waals surface area contributed by atoms with Crippen molar-refractivity contribution >= 4 is 27.7 Å². The van der Waals surface area contributed by atoms with Crippen LogP contribution >= 0.6 is 11.6 Å². The Morgan fingerprint density at radius 1 is 1.37 bits per heavy atom. The number of likely N-dealkylation sites (tertiary alicyclic amines) is 1. The molecule has 0 unspecified atom stereocenters. The minimum absolute atomic E-state index is 0.0789. The third kappa shape index (κ3) is 4.02. The van der Waals surface area contributed by atoms with Gasteiger partial charge in [0.2, 0.25) is 15.9 Å². The van der Waals surface area contributed by atoms with Crippen LogP contribution < -0.4 is 4.74 Å². The van der Waals surface area contributed by atoms with Crippen molar-refractivity contribution in [3.63, 3.8) is 0 Å². The molecule has 7 nitrogen and oxygen atoms in total. The summed E-state index contributed by atoms with van der Waals surface area (Å²) in [5.41, 5.74) is 0. The predicted molar refractivity (Wildman–Crippen MR) is 94.5 cm³/mol. The summed E-state index contributed by atoms with van der Waals surface area (Å²) in [5.74, 6) is -3.30. The number of sulfonamides is 1. The van der Waals surface area contributed by atoms with Crippen LogP contribution in [0.3, 0.4) is 0 Å². The zero-order valence-corrected chi connectivity index (χ0v) is 16.4. The van der Waals surface area contributed by atoms with E-state index in [2.05, 4.69) is 4.98 Å². The number of halogens is 3. The third-order valence-electron chi connectivity index (χ3n) is 4.89. The smallest absolute Gasteiger partial charge is 0.391 e. The van der Waals surface area contributed by atoms with Crippen molar-refractivity contribution in [2.75, 3.05) is 19.6 Å². The van der Waals surface area contributed by atoms with Gasteiger partial charge in [-0.3, -0.25) is 0 Å². The van der Waals surface area contributed by atoms with Crippen LogP contribution in [0.15, 0.2) is 18.3 Å². The summed E-state index contributed by atoms with van der Waals surface area (Å²) >= 11 is 5.70. The average molecular weight is 424 g/mol. The summed E-state index contributed by atoms with van der Waals surface area (Å²) in [6.07, 6.45) is -0.0385. The van der Waals surface area contributed by atoms with E-state index in [9.17, 15) is 22.0 Å². The van der Waals surface area contributed by atoms with Crippen LogP contribution in [0.25, 0.3) is 0 Å². The van der Waals surface area contributed by atoms with Gasteiger partial charge in [-0.25, -0.2) is 27.0 Å². The SMILES string of the molecule is CC1(C)CCN([C@H]2CN(C(=O)Oc3ccc(Cl)cn3)CC(F)(F)C2)S1(=O)=O. The van der Waals surface area contributed by atoms with E-state index >= 15 is 0 Å². The van der Waals surface area contributed by atoms with Gasteiger partial charge in [-0.2, -0.15) is 4.31 Å². The highest BCUT2D eigenvalue weighted by atomic mass is 35.5. The standard InChI is InChI=1S/C16H20ClF2N3O4S/c1-15(2)5-6-22(27(15,24)25)12-7-16(18,19)10-21(9-12)14(23)26-13-4-3-11(17)8-20-13/h3-4,8,12H,5-7,9-10H2,1-2H3/t12-/m1/s1. The summed E-state index contributed by atoms with van der Waals surface area (Å²) in [7, 11) is -3.73. The maximum absolute atomic E-state index is 14.3. The Morgan fingerprint density at radius 3 is 2.63 bits per heavy atom. The number of nitrogens with zero attached hydrogens (tertiary/aromatic N) is 3. The molecule has 3 rings (SSSR count). The highest BCUT2D eigenvalue weighted by Gasteiger charge is 2.53. The van der Waals surface area contributed by atoms with Gasteiger partial charge in [0.1, 0.15) is 0 Å². The minimum Gasteiger partial charge on any atom is -0.391 e. The van der Waals surface area contributed by atoms with Crippen LogP contribution in [0, 0.1) is 0 Å². The lowest BCUT2D eigenvalue weighted by molar-refractivity contribution is -0.0761. The van der Waals surface area contributed by atoms with E-state index in [1.54, 1.807) is 13.8 Å². The fourth-order valence-electron chi connectivity index (χ4n) is 3.31. The van der Waals surface area contributed by atoms with Crippen LogP contribution in [-0.2, 0) is 10.0 Å². The molecule has 0 N–H and O–H groups in total. The Balaban J connectivity index is 1.77. The largest absolute Gasteiger partial charge is 0.416 e. The van der Waals surface area contributed by atoms with Gasteiger partial charge >= 0.3 is 6.09 Å². The molecule has 27 heavy (non-hydrogen) atoms. The lowest BCUT2D eigenvalue weighted by Gasteiger charge is -2.40. The number of ether oxygens (including phenoxy) is 1. The Hall–Kier alpha value is -1.52. The predicted octanol–water partition coefficient (Wildman–Crippen LogP) is 2.76. The molecule has 2 fully saturated rings. The highest BCUT2D eigenvalue weighted by molar-refractivity contribution is 7.90. The molecule has 0 aliphatic carbocycles. The molecule has 11 heteroatoms. The van der Waals surface area contributed by atoms with Crippen molar-refractivity contribution in [1.82, 2.24) is 14.2 Å². The Kier molecular flexibility index (Phi) is 5.11. The molecule has 0 spiro atoms. The van der Waals surface area contributed by atoms with E-state index in [-0.39, 0.29) is 19.0 Å². The number of piperidine rings is 1. The van der Waals surface area contributed by atoms with Crippen molar-refractivity contribution in [1.29, 1.82) is 0 Å². The fourth-order valence-corrected chi connectivity index (χ4v) is 5.27. The third-order valence-corrected chi connectivity index (χ3v) is 7.81. The van der Waals surface area contributed by atoms with Crippen molar-refractivity contribution in [3.05, 3.63) is 23.4 Å². The van der Waals surface area contributed by atoms with Gasteiger partial charge in [0.05, 0.1) is 16.3 Å². The summed E-state index contributed by atoms with van der Waals surface area (Å²) < 4.78 is 58.9. The lowest BCUT2D eigenvalue weighted by atomic mass is 10.0. The molecule has 2 saturated heterocycles. The van der Waals surface area contributed by atoms with Gasteiger partial charge in [-0.15, -0.1) is 0 Å². The molecular weight excluding hydrogens is 404 g/mol. The van der Waals surface area contributed by atoms with Crippen LogP contribution in [-0.4, -0.2) is 65.0 Å². The van der Waals surface area contributed by atoms with Crippen molar-refractivity contribution in [2.24, 2.45) is 0 Å². The Bertz CT molecular complexity index is 833. The number of hydrogen-bond acceptors (Lipinski definition) is 5. The van der Waals surface area contributed by atoms with Crippen LogP contribution in [0.2, 0.25) is 5.02 Å². The molecule has 3 heterocycles. The molecule has 0 bridgehead atoms. The zero-order chi connectivity index (χ0) is 20.0. The molecule has 0 aromatic carbocycles. The number of carbonyl (C=O) groups is 1. The van der Waals surface area contributed by atoms with Crippen molar-refractivity contribution < 1.29 is 26.7 Å². The Labute approximate surface area is 161 Å². The second kappa shape index (κ2) is 6.82. The molecule has 1 aromatic rings. The first kappa shape index (κ1) is 20.2. The second-order valence-corrected chi connectivity index (χ2v) is 10.4. The molecule has 150 valence electrons. The van der Waals surface area contributed by atoms with E-state index < -0.39 is 45.8 Å². The van der Waals surface area contributed by atoms with Crippen molar-refractivity contribution in [3.8, 4) is 5.88 Å². The van der Waals surface area contributed by atoms with Crippen LogP contribution in [0.4, 0.5) is 13.6 Å². The fraction of sp³-hybridized carbons (Fsp3) is 0.625. The minimum atomic E-state index is -3.73. The topological polar surface area (TPSA) is 79.8 Å². The molecule has 0 radical (unpaired) electrons. The van der Waals surface area contributed by atoms with E-state index in [0.29, 0.717) is 11.4 Å². The quantitative estimate of drug-likeness (QED) is 0.730. The zero-order valence-electron chi connectivity index (χ0n) is 14.9. The molecule has 0 saturated carbocycles. The van der Waals surface area contributed by atoms with Gasteiger partial charge < -0.3 is 9.64 Å². The normalized spacial score (nSPS) is 26.7. The summed E-state index contributed by atoms with van der Waals surface area (Å²) in [6.45, 7) is 2.28. The number of carbonyl (C=O) groups excluding carboxylic acids is 1. The van der Waals surface area contributed by atoms with E-state index in [4.69, 9.17) is 16.3 Å². The summed E-state index contributed by atoms with van der Waals surface area (Å²) in [5, 5.41) is 0.334. The Morgan fingerprint density at radius 2 is 2.07 bits per heavy atom. The molecule has 1 aromatic heterocycles. The maximum Gasteiger partial charge on any atom is 0.416 e. The van der Waals surface area contributed by atoms with E-state index in [0.717, 1.165) is 9.21 Å². The number of rotatable bonds is 2. The number of pyridine rings is 1. The molecule has 1 atom stereocenters. The van der Waals surface area contributed by atoms with Crippen LogP contribution in [0.5, 0.6) is 5.88 Å². The van der Waals surface area contributed by atoms with Crippen LogP contribution in [0.1, 0.15) is 26.7 Å². The first-order chi connectivity index (χ1) is 12.4. The van der Waals surface area contributed by atoms with Crippen molar-refractivity contribution in [2.45, 2.75) is 43.4 Å². The number of hydrogen-bond donors (Lipinski definition) is 0. The van der Waals surface area contributed by atoms with Gasteiger partial charge in [0.15, 0.2) is 0 Å². The molecule has 2 aliphatic heterocycles. The maximum atomic E-state index is 14.3. The molecule has 2 aliphatic rings. The van der Waals surface area contributed by atoms with Gasteiger partial charge in [0, 0.05) is 37.8 Å². The van der Waals surface area contributed by atoms with E-state index in [1.807, 2.05) is 0 Å². The monoisotopic (exact) mass is 423 g/mol. The summed E-state index contributed by atoms with van der Waals surface area (Å²) in [6, 6.07) is 1.78. The number of alkyl halides is 2. The average Bonchev–Trinajstić information content (AvgIpc) is 2.76. The van der Waals surface area contributed by atoms with Gasteiger partial charge in [0.25, 0.3) is 5.92 Å². The highest BCUT2D eigenvalue weighted by Crippen LogP contribution is 2.38. The number of amides is 1. The van der Waals surface area contributed by atoms with Gasteiger partial charge in [-0.05, 0) is 26.3 Å². The van der Waals surface area contributed by atoms with Gasteiger partial charge in [-0.1, -0.05) is 11.6 Å². The second-order valence-electron chi connectivity index (χ2n) is 7.40. The molecule has 1 amide bonds. The molecular formula is C16H20ClF2N3O4S. The van der Waals surface area contributed by atoms with E-state index in [1.165, 1.54) is 18.3 Å². The first-order valence-corrected chi connectivity index (χ1v) is 10.2. The lowest BCUT2D eigenvalue weighted by Crippen LogP contribution is -2.58.